The van der Waals surface area contributed by atoms with Crippen LogP contribution in [0.4, 0.5) is 5.69 Å². The van der Waals surface area contributed by atoms with Crippen LogP contribution in [0.15, 0.2) is 79.0 Å². The lowest BCUT2D eigenvalue weighted by Gasteiger charge is -2.14. The number of aryl methyl sites for hydroxylation is 1. The number of amides is 1. The number of fused-ring (bicyclic) bond motifs is 1. The second-order valence-corrected chi connectivity index (χ2v) is 7.03. The van der Waals surface area contributed by atoms with Gasteiger partial charge in [-0.3, -0.25) is 4.79 Å². The molecule has 1 N–H and O–H groups in total. The number of carbonyl (C=O) groups excluding carboxylic acids is 2. The van der Waals surface area contributed by atoms with Gasteiger partial charge in [0.15, 0.2) is 6.10 Å². The van der Waals surface area contributed by atoms with E-state index >= 15 is 0 Å². The maximum absolute atomic E-state index is 12.5. The Labute approximate surface area is 174 Å². The number of ether oxygens (including phenoxy) is 1. The first kappa shape index (κ1) is 19.4. The molecule has 3 aromatic carbocycles. The van der Waals surface area contributed by atoms with Gasteiger partial charge in [0.25, 0.3) is 5.91 Å². The summed E-state index contributed by atoms with van der Waals surface area (Å²) in [5.41, 5.74) is 2.86. The summed E-state index contributed by atoms with van der Waals surface area (Å²) in [6.45, 7) is 3.50. The Kier molecular flexibility index (Phi) is 5.30. The molecule has 30 heavy (non-hydrogen) atoms. The minimum atomic E-state index is -0.933. The Morgan fingerprint density at radius 3 is 2.40 bits per heavy atom. The number of hydrogen-bond acceptors (Lipinski definition) is 4. The normalized spacial score (nSPS) is 11.8. The van der Waals surface area contributed by atoms with Crippen molar-refractivity contribution in [1.29, 1.82) is 0 Å². The summed E-state index contributed by atoms with van der Waals surface area (Å²) in [6, 6.07) is 22.3. The summed E-state index contributed by atoms with van der Waals surface area (Å²) in [7, 11) is 0. The molecule has 0 bridgehead atoms. The molecular formula is C24H21N3O3. The predicted molar refractivity (Wildman–Crippen MR) is 116 cm³/mol. The van der Waals surface area contributed by atoms with Gasteiger partial charge in [0, 0.05) is 17.6 Å². The van der Waals surface area contributed by atoms with Crippen molar-refractivity contribution in [3.8, 4) is 5.69 Å². The molecule has 4 aromatic rings. The van der Waals surface area contributed by atoms with E-state index < -0.39 is 12.1 Å². The predicted octanol–water partition coefficient (Wildman–Crippen LogP) is 4.52. The highest BCUT2D eigenvalue weighted by atomic mass is 16.5. The van der Waals surface area contributed by atoms with Crippen LogP contribution in [-0.2, 0) is 9.53 Å². The SMILES string of the molecule is Cc1ccnn1-c1ccc(C(=O)OC(C)C(=O)Nc2ccc3ccccc3c2)cc1. The monoisotopic (exact) mass is 399 g/mol. The van der Waals surface area contributed by atoms with Gasteiger partial charge in [-0.2, -0.15) is 5.10 Å². The van der Waals surface area contributed by atoms with Gasteiger partial charge in [0.1, 0.15) is 0 Å². The Balaban J connectivity index is 1.39. The summed E-state index contributed by atoms with van der Waals surface area (Å²) >= 11 is 0. The van der Waals surface area contributed by atoms with Crippen LogP contribution < -0.4 is 5.32 Å². The molecule has 1 aromatic heterocycles. The maximum Gasteiger partial charge on any atom is 0.338 e. The third kappa shape index (κ3) is 4.07. The van der Waals surface area contributed by atoms with Gasteiger partial charge in [-0.25, -0.2) is 9.48 Å². The van der Waals surface area contributed by atoms with Crippen LogP contribution in [0.25, 0.3) is 16.5 Å². The molecular weight excluding hydrogens is 378 g/mol. The van der Waals surface area contributed by atoms with Crippen molar-refractivity contribution in [2.45, 2.75) is 20.0 Å². The van der Waals surface area contributed by atoms with Crippen molar-refractivity contribution in [3.05, 3.63) is 90.3 Å². The molecule has 0 aliphatic heterocycles. The van der Waals surface area contributed by atoms with E-state index in [-0.39, 0.29) is 5.91 Å². The van der Waals surface area contributed by atoms with E-state index in [2.05, 4.69) is 10.4 Å². The average molecular weight is 399 g/mol. The number of hydrogen-bond donors (Lipinski definition) is 1. The third-order valence-corrected chi connectivity index (χ3v) is 4.85. The van der Waals surface area contributed by atoms with Crippen molar-refractivity contribution in [3.63, 3.8) is 0 Å². The highest BCUT2D eigenvalue weighted by molar-refractivity contribution is 5.99. The molecule has 150 valence electrons. The molecule has 0 aliphatic rings. The summed E-state index contributed by atoms with van der Waals surface area (Å²) in [5, 5.41) is 9.14. The lowest BCUT2D eigenvalue weighted by Crippen LogP contribution is -2.30. The lowest BCUT2D eigenvalue weighted by atomic mass is 10.1. The van der Waals surface area contributed by atoms with Crippen LogP contribution in [0.1, 0.15) is 23.0 Å². The average Bonchev–Trinajstić information content (AvgIpc) is 3.19. The first-order chi connectivity index (χ1) is 14.5. The standard InChI is InChI=1S/C24H21N3O3/c1-16-13-14-25-27(16)22-11-8-19(9-12-22)24(29)30-17(2)23(28)26-21-10-7-18-5-3-4-6-20(18)15-21/h3-15,17H,1-2H3,(H,26,28). The van der Waals surface area contributed by atoms with Gasteiger partial charge in [-0.1, -0.05) is 30.3 Å². The number of esters is 1. The lowest BCUT2D eigenvalue weighted by molar-refractivity contribution is -0.123. The van der Waals surface area contributed by atoms with E-state index in [1.54, 1.807) is 42.1 Å². The van der Waals surface area contributed by atoms with Gasteiger partial charge in [-0.05, 0) is 67.1 Å². The quantitative estimate of drug-likeness (QED) is 0.501. The van der Waals surface area contributed by atoms with Crippen molar-refractivity contribution in [1.82, 2.24) is 9.78 Å². The number of nitrogens with zero attached hydrogens (tertiary/aromatic N) is 2. The van der Waals surface area contributed by atoms with Crippen molar-refractivity contribution < 1.29 is 14.3 Å². The number of anilines is 1. The molecule has 0 saturated carbocycles. The highest BCUT2D eigenvalue weighted by Crippen LogP contribution is 2.19. The molecule has 4 rings (SSSR count). The number of benzene rings is 3. The minimum Gasteiger partial charge on any atom is -0.449 e. The van der Waals surface area contributed by atoms with Crippen molar-refractivity contribution in [2.75, 3.05) is 5.32 Å². The Morgan fingerprint density at radius 2 is 1.70 bits per heavy atom. The fourth-order valence-electron chi connectivity index (χ4n) is 3.17. The molecule has 0 radical (unpaired) electrons. The summed E-state index contributed by atoms with van der Waals surface area (Å²) in [4.78, 5) is 24.9. The zero-order valence-corrected chi connectivity index (χ0v) is 16.7. The van der Waals surface area contributed by atoms with Crippen LogP contribution >= 0.6 is 0 Å². The molecule has 0 saturated heterocycles. The zero-order chi connectivity index (χ0) is 21.1. The van der Waals surface area contributed by atoms with Gasteiger partial charge in [-0.15, -0.1) is 0 Å². The van der Waals surface area contributed by atoms with Gasteiger partial charge >= 0.3 is 5.97 Å². The Hall–Kier alpha value is -3.93. The topological polar surface area (TPSA) is 73.2 Å². The molecule has 1 amide bonds. The van der Waals surface area contributed by atoms with Crippen LogP contribution in [0, 0.1) is 6.92 Å². The summed E-state index contributed by atoms with van der Waals surface area (Å²) in [6.07, 6.45) is 0.782. The highest BCUT2D eigenvalue weighted by Gasteiger charge is 2.19. The minimum absolute atomic E-state index is 0.369. The number of carbonyl (C=O) groups is 2. The van der Waals surface area contributed by atoms with Crippen LogP contribution in [0.2, 0.25) is 0 Å². The number of nitrogens with one attached hydrogen (secondary N) is 1. The second-order valence-electron chi connectivity index (χ2n) is 7.03. The van der Waals surface area contributed by atoms with E-state index in [0.717, 1.165) is 22.2 Å². The fourth-order valence-corrected chi connectivity index (χ4v) is 3.17. The van der Waals surface area contributed by atoms with E-state index in [9.17, 15) is 9.59 Å². The molecule has 0 aliphatic carbocycles. The molecule has 1 unspecified atom stereocenters. The Morgan fingerprint density at radius 1 is 0.967 bits per heavy atom. The second kappa shape index (κ2) is 8.21. The summed E-state index contributed by atoms with van der Waals surface area (Å²) < 4.78 is 7.11. The molecule has 6 heteroatoms. The molecule has 6 nitrogen and oxygen atoms in total. The molecule has 1 atom stereocenters. The largest absolute Gasteiger partial charge is 0.449 e. The van der Waals surface area contributed by atoms with E-state index in [4.69, 9.17) is 4.74 Å². The molecule has 0 spiro atoms. The third-order valence-electron chi connectivity index (χ3n) is 4.85. The van der Waals surface area contributed by atoms with E-state index in [1.165, 1.54) is 0 Å². The van der Waals surface area contributed by atoms with Crippen LogP contribution in [0.5, 0.6) is 0 Å². The molecule has 1 heterocycles. The van der Waals surface area contributed by atoms with Crippen molar-refractivity contribution in [2.24, 2.45) is 0 Å². The Bertz CT molecular complexity index is 1210. The van der Waals surface area contributed by atoms with Crippen LogP contribution in [-0.4, -0.2) is 27.8 Å². The van der Waals surface area contributed by atoms with E-state index in [1.807, 2.05) is 55.5 Å². The van der Waals surface area contributed by atoms with Crippen LogP contribution in [0.3, 0.4) is 0 Å². The number of rotatable bonds is 5. The van der Waals surface area contributed by atoms with Gasteiger partial charge in [0.05, 0.1) is 11.3 Å². The summed E-state index contributed by atoms with van der Waals surface area (Å²) in [5.74, 6) is -0.942. The first-order valence-corrected chi connectivity index (χ1v) is 9.63. The van der Waals surface area contributed by atoms with Gasteiger partial charge < -0.3 is 10.1 Å². The first-order valence-electron chi connectivity index (χ1n) is 9.63. The van der Waals surface area contributed by atoms with E-state index in [0.29, 0.717) is 11.3 Å². The molecule has 0 fully saturated rings. The van der Waals surface area contributed by atoms with Gasteiger partial charge in [0.2, 0.25) is 0 Å². The fraction of sp³-hybridized carbons (Fsp3) is 0.125. The zero-order valence-electron chi connectivity index (χ0n) is 16.7. The number of aromatic nitrogens is 2. The van der Waals surface area contributed by atoms with Crippen molar-refractivity contribution >= 4 is 28.3 Å². The maximum atomic E-state index is 12.5. The smallest absolute Gasteiger partial charge is 0.338 e.